The van der Waals surface area contributed by atoms with Crippen molar-refractivity contribution in [2.24, 2.45) is 5.41 Å². The van der Waals surface area contributed by atoms with E-state index in [9.17, 15) is 4.79 Å². The lowest BCUT2D eigenvalue weighted by molar-refractivity contribution is -0.140. The average molecular weight is 299 g/mol. The fourth-order valence-corrected chi connectivity index (χ4v) is 1.93. The van der Waals surface area contributed by atoms with E-state index in [1.165, 1.54) is 0 Å². The van der Waals surface area contributed by atoms with E-state index >= 15 is 0 Å². The standard InChI is InChI=1S/C13H15BrO3/c1-2-13(7-16-8-13)9-17-12(15)10-3-5-11(14)6-4-10/h3-6H,2,7-9H2,1H3. The summed E-state index contributed by atoms with van der Waals surface area (Å²) in [6, 6.07) is 7.17. The zero-order valence-electron chi connectivity index (χ0n) is 9.74. The normalized spacial score (nSPS) is 17.3. The lowest BCUT2D eigenvalue weighted by Gasteiger charge is -2.39. The summed E-state index contributed by atoms with van der Waals surface area (Å²) in [6.45, 7) is 3.92. The van der Waals surface area contributed by atoms with Gasteiger partial charge < -0.3 is 9.47 Å². The molecule has 4 heteroatoms. The van der Waals surface area contributed by atoms with Crippen molar-refractivity contribution in [3.05, 3.63) is 34.3 Å². The molecule has 0 bridgehead atoms. The molecule has 1 fully saturated rings. The van der Waals surface area contributed by atoms with Gasteiger partial charge in [0.15, 0.2) is 0 Å². The minimum atomic E-state index is -0.266. The summed E-state index contributed by atoms with van der Waals surface area (Å²) in [5.74, 6) is -0.266. The van der Waals surface area contributed by atoms with Gasteiger partial charge in [-0.1, -0.05) is 22.9 Å². The Morgan fingerprint density at radius 2 is 2.06 bits per heavy atom. The molecule has 1 aromatic carbocycles. The lowest BCUT2D eigenvalue weighted by Crippen LogP contribution is -2.46. The molecular formula is C13H15BrO3. The van der Waals surface area contributed by atoms with E-state index in [0.717, 1.165) is 10.9 Å². The van der Waals surface area contributed by atoms with Crippen molar-refractivity contribution < 1.29 is 14.3 Å². The van der Waals surface area contributed by atoms with Gasteiger partial charge in [-0.15, -0.1) is 0 Å². The first kappa shape index (κ1) is 12.6. The van der Waals surface area contributed by atoms with Gasteiger partial charge in [0, 0.05) is 4.47 Å². The molecule has 1 saturated heterocycles. The average Bonchev–Trinajstić information content (AvgIpc) is 2.29. The Kier molecular flexibility index (Phi) is 3.84. The van der Waals surface area contributed by atoms with Crippen LogP contribution in [0.2, 0.25) is 0 Å². The molecule has 1 aromatic rings. The molecule has 0 spiro atoms. The van der Waals surface area contributed by atoms with Gasteiger partial charge in [-0.05, 0) is 30.7 Å². The molecule has 0 amide bonds. The van der Waals surface area contributed by atoms with Crippen LogP contribution >= 0.6 is 15.9 Å². The predicted molar refractivity (Wildman–Crippen MR) is 68.0 cm³/mol. The number of carbonyl (C=O) groups excluding carboxylic acids is 1. The number of ether oxygens (including phenoxy) is 2. The van der Waals surface area contributed by atoms with Crippen molar-refractivity contribution in [3.63, 3.8) is 0 Å². The predicted octanol–water partition coefficient (Wildman–Crippen LogP) is 3.03. The molecule has 2 rings (SSSR count). The van der Waals surface area contributed by atoms with E-state index in [1.54, 1.807) is 12.1 Å². The van der Waals surface area contributed by atoms with Crippen molar-refractivity contribution in [3.8, 4) is 0 Å². The highest BCUT2D eigenvalue weighted by Crippen LogP contribution is 2.31. The van der Waals surface area contributed by atoms with E-state index in [0.29, 0.717) is 25.4 Å². The third-order valence-electron chi connectivity index (χ3n) is 3.16. The van der Waals surface area contributed by atoms with Crippen LogP contribution in [0.15, 0.2) is 28.7 Å². The van der Waals surface area contributed by atoms with Crippen LogP contribution in [-0.2, 0) is 9.47 Å². The van der Waals surface area contributed by atoms with Crippen LogP contribution in [-0.4, -0.2) is 25.8 Å². The summed E-state index contributed by atoms with van der Waals surface area (Å²) in [5.41, 5.74) is 0.630. The van der Waals surface area contributed by atoms with E-state index in [-0.39, 0.29) is 11.4 Å². The molecule has 3 nitrogen and oxygen atoms in total. The second kappa shape index (κ2) is 5.19. The van der Waals surface area contributed by atoms with Gasteiger partial charge >= 0.3 is 5.97 Å². The van der Waals surface area contributed by atoms with Crippen LogP contribution in [0.25, 0.3) is 0 Å². The highest BCUT2D eigenvalue weighted by molar-refractivity contribution is 9.10. The molecule has 0 saturated carbocycles. The smallest absolute Gasteiger partial charge is 0.338 e. The van der Waals surface area contributed by atoms with Crippen molar-refractivity contribution in [1.29, 1.82) is 0 Å². The van der Waals surface area contributed by atoms with Crippen LogP contribution in [0, 0.1) is 5.41 Å². The quantitative estimate of drug-likeness (QED) is 0.802. The van der Waals surface area contributed by atoms with Crippen LogP contribution in [0.1, 0.15) is 23.7 Å². The van der Waals surface area contributed by atoms with Gasteiger partial charge in [-0.3, -0.25) is 0 Å². The molecule has 0 unspecified atom stereocenters. The maximum absolute atomic E-state index is 11.8. The van der Waals surface area contributed by atoms with E-state index in [2.05, 4.69) is 22.9 Å². The van der Waals surface area contributed by atoms with Crippen molar-refractivity contribution in [2.75, 3.05) is 19.8 Å². The van der Waals surface area contributed by atoms with Gasteiger partial charge in [0.2, 0.25) is 0 Å². The highest BCUT2D eigenvalue weighted by Gasteiger charge is 2.38. The Labute approximate surface area is 109 Å². The maximum atomic E-state index is 11.8. The minimum Gasteiger partial charge on any atom is -0.461 e. The van der Waals surface area contributed by atoms with Crippen molar-refractivity contribution in [2.45, 2.75) is 13.3 Å². The molecule has 0 aromatic heterocycles. The molecule has 1 aliphatic rings. The van der Waals surface area contributed by atoms with Gasteiger partial charge in [-0.25, -0.2) is 4.79 Å². The van der Waals surface area contributed by atoms with Crippen molar-refractivity contribution in [1.82, 2.24) is 0 Å². The minimum absolute atomic E-state index is 0.0467. The summed E-state index contributed by atoms with van der Waals surface area (Å²) in [7, 11) is 0. The summed E-state index contributed by atoms with van der Waals surface area (Å²) in [6.07, 6.45) is 0.973. The number of carbonyl (C=O) groups is 1. The Morgan fingerprint density at radius 1 is 1.41 bits per heavy atom. The third-order valence-corrected chi connectivity index (χ3v) is 3.68. The topological polar surface area (TPSA) is 35.5 Å². The number of esters is 1. The first-order valence-corrected chi connectivity index (χ1v) is 6.45. The fourth-order valence-electron chi connectivity index (χ4n) is 1.67. The second-order valence-corrected chi connectivity index (χ2v) is 5.35. The van der Waals surface area contributed by atoms with Crippen LogP contribution in [0.5, 0.6) is 0 Å². The fraction of sp³-hybridized carbons (Fsp3) is 0.462. The first-order chi connectivity index (χ1) is 8.15. The van der Waals surface area contributed by atoms with Crippen molar-refractivity contribution >= 4 is 21.9 Å². The molecule has 0 atom stereocenters. The molecule has 0 N–H and O–H groups in total. The number of benzene rings is 1. The molecule has 0 aliphatic carbocycles. The summed E-state index contributed by atoms with van der Waals surface area (Å²) < 4.78 is 11.5. The highest BCUT2D eigenvalue weighted by atomic mass is 79.9. The molecule has 1 heterocycles. The van der Waals surface area contributed by atoms with Crippen LogP contribution < -0.4 is 0 Å². The number of hydrogen-bond donors (Lipinski definition) is 0. The molecule has 17 heavy (non-hydrogen) atoms. The van der Waals surface area contributed by atoms with Gasteiger partial charge in [0.05, 0.1) is 24.2 Å². The Morgan fingerprint density at radius 3 is 2.53 bits per heavy atom. The molecular weight excluding hydrogens is 284 g/mol. The van der Waals surface area contributed by atoms with Gasteiger partial charge in [0.25, 0.3) is 0 Å². The summed E-state index contributed by atoms with van der Waals surface area (Å²) in [4.78, 5) is 11.8. The molecule has 92 valence electrons. The third kappa shape index (κ3) is 2.87. The number of halogens is 1. The Bertz CT molecular complexity index is 390. The first-order valence-electron chi connectivity index (χ1n) is 5.66. The number of hydrogen-bond acceptors (Lipinski definition) is 3. The Balaban J connectivity index is 1.91. The molecule has 0 radical (unpaired) electrons. The zero-order valence-corrected chi connectivity index (χ0v) is 11.3. The van der Waals surface area contributed by atoms with E-state index < -0.39 is 0 Å². The van der Waals surface area contributed by atoms with E-state index in [1.807, 2.05) is 12.1 Å². The largest absolute Gasteiger partial charge is 0.461 e. The van der Waals surface area contributed by atoms with Crippen LogP contribution in [0.3, 0.4) is 0 Å². The lowest BCUT2D eigenvalue weighted by atomic mass is 9.84. The molecule has 1 aliphatic heterocycles. The summed E-state index contributed by atoms with van der Waals surface area (Å²) in [5, 5.41) is 0. The zero-order chi connectivity index (χ0) is 12.3. The second-order valence-electron chi connectivity index (χ2n) is 4.43. The van der Waals surface area contributed by atoms with Gasteiger partial charge in [-0.2, -0.15) is 0 Å². The maximum Gasteiger partial charge on any atom is 0.338 e. The number of rotatable bonds is 4. The summed E-state index contributed by atoms with van der Waals surface area (Å²) >= 11 is 3.33. The Hall–Kier alpha value is -0.870. The monoisotopic (exact) mass is 298 g/mol. The van der Waals surface area contributed by atoms with Crippen LogP contribution in [0.4, 0.5) is 0 Å². The van der Waals surface area contributed by atoms with Gasteiger partial charge in [0.1, 0.15) is 6.61 Å². The van der Waals surface area contributed by atoms with E-state index in [4.69, 9.17) is 9.47 Å². The SMILES string of the molecule is CCC1(COC(=O)c2ccc(Br)cc2)COC1.